The summed E-state index contributed by atoms with van der Waals surface area (Å²) in [4.78, 5) is 24.9. The summed E-state index contributed by atoms with van der Waals surface area (Å²) in [6, 6.07) is 12.7. The van der Waals surface area contributed by atoms with E-state index in [0.717, 1.165) is 6.07 Å². The summed E-state index contributed by atoms with van der Waals surface area (Å²) in [5.74, 6) is -1.56. The minimum absolute atomic E-state index is 0.143. The van der Waals surface area contributed by atoms with Crippen molar-refractivity contribution in [1.82, 2.24) is 10.9 Å². The Morgan fingerprint density at radius 2 is 1.74 bits per heavy atom. The maximum absolute atomic E-state index is 12.7. The highest BCUT2D eigenvalue weighted by molar-refractivity contribution is 6.30. The first-order chi connectivity index (χ1) is 12.9. The topological polar surface area (TPSA) is 114 Å². The number of allylic oxidation sites excluding steroid dienone is 1. The van der Waals surface area contributed by atoms with Gasteiger partial charge in [0.2, 0.25) is 0 Å². The van der Waals surface area contributed by atoms with Crippen molar-refractivity contribution in [3.05, 3.63) is 65.4 Å². The number of hydrazone groups is 1. The van der Waals surface area contributed by atoms with Crippen molar-refractivity contribution in [3.8, 4) is 11.5 Å². The highest BCUT2D eigenvalue weighted by atomic mass is 16.3. The predicted molar refractivity (Wildman–Crippen MR) is 100 cm³/mol. The number of phenols is 2. The van der Waals surface area contributed by atoms with Crippen LogP contribution in [0.5, 0.6) is 11.5 Å². The van der Waals surface area contributed by atoms with E-state index in [-0.39, 0.29) is 17.2 Å². The largest absolute Gasteiger partial charge is 0.504 e. The van der Waals surface area contributed by atoms with Gasteiger partial charge in [-0.3, -0.25) is 15.0 Å². The fourth-order valence-electron chi connectivity index (χ4n) is 2.63. The quantitative estimate of drug-likeness (QED) is 0.376. The third kappa shape index (κ3) is 3.59. The standard InChI is InChI=1S/C19H18N4O4/c1-11(20-21-18(26)13-8-9-15(24)16(25)10-13)17-12(2)22-23(19(17)27)14-6-4-3-5-7-14/h3-10,20,24-25H,1-2H3,(H,21,26)/b17-11-. The molecule has 8 heteroatoms. The van der Waals surface area contributed by atoms with Crippen molar-refractivity contribution in [1.29, 1.82) is 0 Å². The first-order valence-corrected chi connectivity index (χ1v) is 8.12. The number of anilines is 1. The monoisotopic (exact) mass is 366 g/mol. The Kier molecular flexibility index (Phi) is 4.80. The Hall–Kier alpha value is -3.81. The average Bonchev–Trinajstić information content (AvgIpc) is 2.96. The molecule has 0 saturated carbocycles. The number of rotatable bonds is 4. The Bertz CT molecular complexity index is 967. The second-order valence-electron chi connectivity index (χ2n) is 5.92. The summed E-state index contributed by atoms with van der Waals surface area (Å²) in [5, 5.41) is 24.4. The number of aromatic hydroxyl groups is 2. The van der Waals surface area contributed by atoms with Crippen LogP contribution in [-0.2, 0) is 4.79 Å². The summed E-state index contributed by atoms with van der Waals surface area (Å²) in [7, 11) is 0. The maximum atomic E-state index is 12.7. The molecule has 0 unspecified atom stereocenters. The van der Waals surface area contributed by atoms with Gasteiger partial charge in [0.25, 0.3) is 11.8 Å². The van der Waals surface area contributed by atoms with Crippen LogP contribution in [-0.4, -0.2) is 27.7 Å². The van der Waals surface area contributed by atoms with Gasteiger partial charge in [-0.05, 0) is 44.2 Å². The highest BCUT2D eigenvalue weighted by Crippen LogP contribution is 2.25. The molecule has 138 valence electrons. The summed E-state index contributed by atoms with van der Waals surface area (Å²) < 4.78 is 0. The van der Waals surface area contributed by atoms with Crippen LogP contribution in [0.3, 0.4) is 0 Å². The van der Waals surface area contributed by atoms with Crippen LogP contribution < -0.4 is 15.9 Å². The second kappa shape index (κ2) is 7.20. The van der Waals surface area contributed by atoms with E-state index in [1.807, 2.05) is 18.2 Å². The molecule has 1 aliphatic rings. The third-order valence-corrected chi connectivity index (χ3v) is 3.99. The van der Waals surface area contributed by atoms with Gasteiger partial charge in [0.1, 0.15) is 0 Å². The van der Waals surface area contributed by atoms with Gasteiger partial charge in [-0.1, -0.05) is 18.2 Å². The van der Waals surface area contributed by atoms with E-state index in [1.54, 1.807) is 26.0 Å². The third-order valence-electron chi connectivity index (χ3n) is 3.99. The van der Waals surface area contributed by atoms with Gasteiger partial charge in [-0.15, -0.1) is 0 Å². The number of carbonyl (C=O) groups is 2. The van der Waals surface area contributed by atoms with Gasteiger partial charge in [0.15, 0.2) is 11.5 Å². The number of carbonyl (C=O) groups excluding carboxylic acids is 2. The summed E-state index contributed by atoms with van der Waals surface area (Å²) in [5.41, 5.74) is 7.24. The predicted octanol–water partition coefficient (Wildman–Crippen LogP) is 2.03. The lowest BCUT2D eigenvalue weighted by atomic mass is 10.1. The van der Waals surface area contributed by atoms with Gasteiger partial charge in [-0.25, -0.2) is 0 Å². The lowest BCUT2D eigenvalue weighted by Crippen LogP contribution is -2.37. The Balaban J connectivity index is 1.74. The van der Waals surface area contributed by atoms with Crippen molar-refractivity contribution in [3.63, 3.8) is 0 Å². The molecule has 0 spiro atoms. The molecule has 0 atom stereocenters. The smallest absolute Gasteiger partial charge is 0.282 e. The second-order valence-corrected chi connectivity index (χ2v) is 5.92. The van der Waals surface area contributed by atoms with Gasteiger partial charge in [0, 0.05) is 11.3 Å². The molecule has 2 amide bonds. The number of para-hydroxylation sites is 1. The summed E-state index contributed by atoms with van der Waals surface area (Å²) in [6.07, 6.45) is 0. The van der Waals surface area contributed by atoms with Gasteiger partial charge in [0.05, 0.1) is 17.0 Å². The molecule has 0 aromatic heterocycles. The minimum Gasteiger partial charge on any atom is -0.504 e. The van der Waals surface area contributed by atoms with Gasteiger partial charge >= 0.3 is 0 Å². The van der Waals surface area contributed by atoms with Crippen LogP contribution in [0.1, 0.15) is 24.2 Å². The zero-order valence-corrected chi connectivity index (χ0v) is 14.7. The Morgan fingerprint density at radius 3 is 2.41 bits per heavy atom. The van der Waals surface area contributed by atoms with E-state index in [1.165, 1.54) is 17.1 Å². The molecule has 0 saturated heterocycles. The Morgan fingerprint density at radius 1 is 1.04 bits per heavy atom. The number of amides is 2. The maximum Gasteiger partial charge on any atom is 0.282 e. The van der Waals surface area contributed by atoms with Crippen molar-refractivity contribution >= 4 is 23.2 Å². The summed E-state index contributed by atoms with van der Waals surface area (Å²) >= 11 is 0. The van der Waals surface area contributed by atoms with E-state index in [2.05, 4.69) is 16.0 Å². The number of phenolic OH excluding ortho intramolecular Hbond substituents is 2. The highest BCUT2D eigenvalue weighted by Gasteiger charge is 2.30. The number of hydrogen-bond acceptors (Lipinski definition) is 6. The fourth-order valence-corrected chi connectivity index (χ4v) is 2.63. The van der Waals surface area contributed by atoms with Crippen LogP contribution >= 0.6 is 0 Å². The van der Waals surface area contributed by atoms with Crippen molar-refractivity contribution in [2.75, 3.05) is 5.01 Å². The molecule has 8 nitrogen and oxygen atoms in total. The van der Waals surface area contributed by atoms with Crippen LogP contribution in [0.4, 0.5) is 5.69 Å². The number of nitrogens with zero attached hydrogens (tertiary/aromatic N) is 2. The molecule has 1 aliphatic heterocycles. The zero-order valence-electron chi connectivity index (χ0n) is 14.7. The molecule has 0 radical (unpaired) electrons. The molecule has 3 rings (SSSR count). The van der Waals surface area contributed by atoms with Crippen LogP contribution in [0.15, 0.2) is 64.9 Å². The van der Waals surface area contributed by atoms with Gasteiger partial charge < -0.3 is 15.6 Å². The number of hydrogen-bond donors (Lipinski definition) is 4. The molecule has 2 aromatic carbocycles. The Labute approximate surface area is 155 Å². The lowest BCUT2D eigenvalue weighted by molar-refractivity contribution is -0.114. The molecular weight excluding hydrogens is 348 g/mol. The van der Waals surface area contributed by atoms with E-state index < -0.39 is 11.7 Å². The zero-order chi connectivity index (χ0) is 19.6. The average molecular weight is 366 g/mol. The van der Waals surface area contributed by atoms with E-state index in [9.17, 15) is 19.8 Å². The molecule has 0 bridgehead atoms. The molecule has 0 aliphatic carbocycles. The molecular formula is C19H18N4O4. The normalized spacial score (nSPS) is 15.4. The van der Waals surface area contributed by atoms with Crippen molar-refractivity contribution < 1.29 is 19.8 Å². The van der Waals surface area contributed by atoms with Crippen molar-refractivity contribution in [2.24, 2.45) is 5.10 Å². The number of hydrazine groups is 1. The van der Waals surface area contributed by atoms with E-state index >= 15 is 0 Å². The molecule has 2 aromatic rings. The molecule has 1 heterocycles. The number of benzene rings is 2. The SMILES string of the molecule is CC1=NN(c2ccccc2)C(=O)/C1=C(/C)NNC(=O)c1ccc(O)c(O)c1. The first kappa shape index (κ1) is 18.0. The van der Waals surface area contributed by atoms with Gasteiger partial charge in [-0.2, -0.15) is 10.1 Å². The van der Waals surface area contributed by atoms with Crippen molar-refractivity contribution in [2.45, 2.75) is 13.8 Å². The van der Waals surface area contributed by atoms with E-state index in [4.69, 9.17) is 0 Å². The molecule has 27 heavy (non-hydrogen) atoms. The first-order valence-electron chi connectivity index (χ1n) is 8.12. The summed E-state index contributed by atoms with van der Waals surface area (Å²) in [6.45, 7) is 3.36. The fraction of sp³-hybridized carbons (Fsp3) is 0.105. The minimum atomic E-state index is -0.537. The van der Waals surface area contributed by atoms with Crippen LogP contribution in [0.25, 0.3) is 0 Å². The van der Waals surface area contributed by atoms with Crippen LogP contribution in [0, 0.1) is 0 Å². The molecule has 0 fully saturated rings. The molecule has 4 N–H and O–H groups in total. The number of nitrogens with one attached hydrogen (secondary N) is 2. The van der Waals surface area contributed by atoms with Crippen LogP contribution in [0.2, 0.25) is 0 Å². The van der Waals surface area contributed by atoms with E-state index in [0.29, 0.717) is 22.7 Å². The lowest BCUT2D eigenvalue weighted by Gasteiger charge is -2.13.